The van der Waals surface area contributed by atoms with Gasteiger partial charge in [0, 0.05) is 12.3 Å². The van der Waals surface area contributed by atoms with Crippen molar-refractivity contribution < 1.29 is 23.1 Å². The van der Waals surface area contributed by atoms with Crippen molar-refractivity contribution in [2.75, 3.05) is 0 Å². The molecule has 0 aromatic heterocycles. The number of carbonyl (C=O) groups is 1. The van der Waals surface area contributed by atoms with E-state index in [-0.39, 0.29) is 5.78 Å². The Bertz CT molecular complexity index is 451. The van der Waals surface area contributed by atoms with Crippen LogP contribution in [0.25, 0.3) is 0 Å². The largest absolute Gasteiger partial charge is 0.416 e. The third-order valence-electron chi connectivity index (χ3n) is 3.56. The molecular weight excluding hydrogens is 257 g/mol. The maximum Gasteiger partial charge on any atom is 0.416 e. The van der Waals surface area contributed by atoms with Crippen molar-refractivity contribution in [3.8, 4) is 0 Å². The number of benzene rings is 1. The second-order valence-electron chi connectivity index (χ2n) is 4.88. The van der Waals surface area contributed by atoms with Crippen LogP contribution in [-0.2, 0) is 11.0 Å². The standard InChI is InChI=1S/C14H15F3O2/c15-14(16,17)10-7-5-9(6-8-10)13(19)11-3-1-2-4-12(11)18/h5-8,11,13,19H,1-4H2/t11-,13-/m0/s1. The number of halogens is 3. The van der Waals surface area contributed by atoms with Crippen LogP contribution in [-0.4, -0.2) is 10.9 Å². The summed E-state index contributed by atoms with van der Waals surface area (Å²) in [7, 11) is 0. The van der Waals surface area contributed by atoms with Crippen LogP contribution in [0.5, 0.6) is 0 Å². The van der Waals surface area contributed by atoms with Gasteiger partial charge in [-0.1, -0.05) is 18.6 Å². The van der Waals surface area contributed by atoms with Crippen molar-refractivity contribution in [1.82, 2.24) is 0 Å². The number of alkyl halides is 3. The second kappa shape index (κ2) is 5.33. The molecule has 0 saturated heterocycles. The molecule has 0 radical (unpaired) electrons. The minimum Gasteiger partial charge on any atom is -0.388 e. The molecular formula is C14H15F3O2. The van der Waals surface area contributed by atoms with Gasteiger partial charge in [0.05, 0.1) is 11.7 Å². The van der Waals surface area contributed by atoms with Crippen LogP contribution in [0.3, 0.4) is 0 Å². The lowest BCUT2D eigenvalue weighted by atomic mass is 9.81. The molecule has 19 heavy (non-hydrogen) atoms. The molecule has 1 saturated carbocycles. The van der Waals surface area contributed by atoms with Gasteiger partial charge in [0.25, 0.3) is 0 Å². The van der Waals surface area contributed by atoms with E-state index in [1.807, 2.05) is 0 Å². The molecule has 1 aliphatic carbocycles. The van der Waals surface area contributed by atoms with Crippen molar-refractivity contribution in [3.05, 3.63) is 35.4 Å². The Balaban J connectivity index is 2.15. The third-order valence-corrected chi connectivity index (χ3v) is 3.56. The summed E-state index contributed by atoms with van der Waals surface area (Å²) in [5.41, 5.74) is -0.383. The number of aliphatic hydroxyl groups excluding tert-OH is 1. The van der Waals surface area contributed by atoms with Gasteiger partial charge in [-0.15, -0.1) is 0 Å². The molecule has 0 heterocycles. The predicted octanol–water partition coefficient (Wildman–Crippen LogP) is 3.50. The Kier molecular flexibility index (Phi) is 3.94. The molecule has 2 nitrogen and oxygen atoms in total. The minimum absolute atomic E-state index is 0.00125. The highest BCUT2D eigenvalue weighted by molar-refractivity contribution is 5.82. The van der Waals surface area contributed by atoms with Gasteiger partial charge in [0.15, 0.2) is 0 Å². The summed E-state index contributed by atoms with van der Waals surface area (Å²) in [5, 5.41) is 10.1. The summed E-state index contributed by atoms with van der Waals surface area (Å²) < 4.78 is 37.3. The predicted molar refractivity (Wildman–Crippen MR) is 63.4 cm³/mol. The molecule has 2 rings (SSSR count). The van der Waals surface area contributed by atoms with Gasteiger partial charge in [-0.2, -0.15) is 13.2 Å². The zero-order valence-corrected chi connectivity index (χ0v) is 10.3. The van der Waals surface area contributed by atoms with Crippen molar-refractivity contribution in [2.24, 2.45) is 5.92 Å². The van der Waals surface area contributed by atoms with E-state index in [0.29, 0.717) is 18.4 Å². The molecule has 1 aliphatic rings. The molecule has 1 aromatic carbocycles. The fourth-order valence-electron chi connectivity index (χ4n) is 2.45. The average molecular weight is 272 g/mol. The van der Waals surface area contributed by atoms with E-state index in [2.05, 4.69) is 0 Å². The highest BCUT2D eigenvalue weighted by Gasteiger charge is 2.32. The normalized spacial score (nSPS) is 22.3. The first-order valence-electron chi connectivity index (χ1n) is 6.27. The first-order valence-corrected chi connectivity index (χ1v) is 6.27. The van der Waals surface area contributed by atoms with Crippen LogP contribution in [0.4, 0.5) is 13.2 Å². The number of rotatable bonds is 2. The Morgan fingerprint density at radius 1 is 1.16 bits per heavy atom. The van der Waals surface area contributed by atoms with Crippen LogP contribution in [0, 0.1) is 5.92 Å². The summed E-state index contributed by atoms with van der Waals surface area (Å²) in [5.74, 6) is -0.482. The van der Waals surface area contributed by atoms with Gasteiger partial charge in [-0.25, -0.2) is 0 Å². The van der Waals surface area contributed by atoms with Crippen molar-refractivity contribution in [2.45, 2.75) is 38.0 Å². The first-order chi connectivity index (χ1) is 8.89. The first kappa shape index (κ1) is 14.1. The number of Topliss-reactive ketones (excluding diaryl/α,β-unsaturated/α-hetero) is 1. The summed E-state index contributed by atoms with van der Waals surface area (Å²) in [6.45, 7) is 0. The van der Waals surface area contributed by atoms with E-state index < -0.39 is 23.8 Å². The average Bonchev–Trinajstić information content (AvgIpc) is 2.38. The molecule has 1 fully saturated rings. The fraction of sp³-hybridized carbons (Fsp3) is 0.500. The fourth-order valence-corrected chi connectivity index (χ4v) is 2.45. The van der Waals surface area contributed by atoms with E-state index in [4.69, 9.17) is 0 Å². The number of hydrogen-bond donors (Lipinski definition) is 1. The Morgan fingerprint density at radius 2 is 1.79 bits per heavy atom. The lowest BCUT2D eigenvalue weighted by Gasteiger charge is -2.25. The van der Waals surface area contributed by atoms with Gasteiger partial charge in [-0.05, 0) is 30.5 Å². The zero-order valence-electron chi connectivity index (χ0n) is 10.3. The molecule has 0 amide bonds. The lowest BCUT2D eigenvalue weighted by Crippen LogP contribution is -2.25. The summed E-state index contributed by atoms with van der Waals surface area (Å²) in [6, 6.07) is 4.36. The smallest absolute Gasteiger partial charge is 0.388 e. The zero-order chi connectivity index (χ0) is 14.0. The maximum atomic E-state index is 12.4. The number of aliphatic hydroxyl groups is 1. The topological polar surface area (TPSA) is 37.3 Å². The van der Waals surface area contributed by atoms with Crippen molar-refractivity contribution >= 4 is 5.78 Å². The van der Waals surface area contributed by atoms with Crippen LogP contribution in [0.2, 0.25) is 0 Å². The van der Waals surface area contributed by atoms with Gasteiger partial charge < -0.3 is 5.11 Å². The molecule has 1 aromatic rings. The van der Waals surface area contributed by atoms with Gasteiger partial charge in [0.2, 0.25) is 0 Å². The summed E-state index contributed by atoms with van der Waals surface area (Å²) in [6.07, 6.45) is -2.65. The number of carbonyl (C=O) groups excluding carboxylic acids is 1. The molecule has 0 unspecified atom stereocenters. The van der Waals surface area contributed by atoms with Crippen LogP contribution < -0.4 is 0 Å². The van der Waals surface area contributed by atoms with Gasteiger partial charge in [0.1, 0.15) is 5.78 Å². The lowest BCUT2D eigenvalue weighted by molar-refractivity contribution is -0.137. The minimum atomic E-state index is -4.38. The van der Waals surface area contributed by atoms with E-state index in [1.54, 1.807) is 0 Å². The molecule has 0 bridgehead atoms. The van der Waals surface area contributed by atoms with Crippen molar-refractivity contribution in [1.29, 1.82) is 0 Å². The van der Waals surface area contributed by atoms with E-state index in [0.717, 1.165) is 25.0 Å². The van der Waals surface area contributed by atoms with Gasteiger partial charge >= 0.3 is 6.18 Å². The molecule has 104 valence electrons. The second-order valence-corrected chi connectivity index (χ2v) is 4.88. The Hall–Kier alpha value is -1.36. The summed E-state index contributed by atoms with van der Waals surface area (Å²) in [4.78, 5) is 11.7. The molecule has 1 N–H and O–H groups in total. The Morgan fingerprint density at radius 3 is 2.32 bits per heavy atom. The summed E-state index contributed by atoms with van der Waals surface area (Å²) >= 11 is 0. The van der Waals surface area contributed by atoms with E-state index >= 15 is 0 Å². The number of hydrogen-bond acceptors (Lipinski definition) is 2. The van der Waals surface area contributed by atoms with Crippen LogP contribution >= 0.6 is 0 Å². The third kappa shape index (κ3) is 3.15. The van der Waals surface area contributed by atoms with E-state index in [9.17, 15) is 23.1 Å². The SMILES string of the molecule is O=C1CCCC[C@@H]1[C@@H](O)c1ccc(C(F)(F)F)cc1. The Labute approximate surface area is 109 Å². The highest BCUT2D eigenvalue weighted by Crippen LogP contribution is 2.34. The number of ketones is 1. The molecule has 5 heteroatoms. The quantitative estimate of drug-likeness (QED) is 0.894. The molecule has 0 spiro atoms. The molecule has 2 atom stereocenters. The monoisotopic (exact) mass is 272 g/mol. The van der Waals surface area contributed by atoms with Crippen molar-refractivity contribution in [3.63, 3.8) is 0 Å². The van der Waals surface area contributed by atoms with Crippen LogP contribution in [0.1, 0.15) is 42.9 Å². The highest BCUT2D eigenvalue weighted by atomic mass is 19.4. The maximum absolute atomic E-state index is 12.4. The molecule has 0 aliphatic heterocycles. The van der Waals surface area contributed by atoms with Gasteiger partial charge in [-0.3, -0.25) is 4.79 Å². The van der Waals surface area contributed by atoms with Crippen LogP contribution in [0.15, 0.2) is 24.3 Å². The van der Waals surface area contributed by atoms with E-state index in [1.165, 1.54) is 12.1 Å².